The van der Waals surface area contributed by atoms with Gasteiger partial charge in [0.05, 0.1) is 6.61 Å². The lowest BCUT2D eigenvalue weighted by molar-refractivity contribution is 0.355. The number of hydrogen-bond donors (Lipinski definition) is 0. The van der Waals surface area contributed by atoms with Crippen molar-refractivity contribution in [2.75, 3.05) is 18.1 Å². The summed E-state index contributed by atoms with van der Waals surface area (Å²) >= 11 is 0. The Morgan fingerprint density at radius 3 is 2.06 bits per heavy atom. The summed E-state index contributed by atoms with van der Waals surface area (Å²) < 4.78 is 52.3. The molecule has 0 rings (SSSR count). The van der Waals surface area contributed by atoms with E-state index in [2.05, 4.69) is 8.37 Å². The highest BCUT2D eigenvalue weighted by Crippen LogP contribution is 1.95. The average Bonchev–Trinajstić information content (AvgIpc) is 2.16. The zero-order valence-electron chi connectivity index (χ0n) is 8.70. The Bertz CT molecular complexity index is 541. The van der Waals surface area contributed by atoms with Crippen molar-refractivity contribution in [1.82, 2.24) is 0 Å². The van der Waals surface area contributed by atoms with Crippen molar-refractivity contribution in [3.05, 3.63) is 12.3 Å². The van der Waals surface area contributed by atoms with Gasteiger partial charge >= 0.3 is 10.1 Å². The molecule has 0 aromatic rings. The largest absolute Gasteiger partial charge is 0.390 e. The molecule has 0 unspecified atom stereocenters. The Kier molecular flexibility index (Phi) is 6.36. The van der Waals surface area contributed by atoms with Gasteiger partial charge in [-0.2, -0.15) is 16.8 Å². The molecule has 0 aliphatic heterocycles. The number of rotatable bonds is 7. The second-order valence-corrected chi connectivity index (χ2v) is 5.80. The summed E-state index contributed by atoms with van der Waals surface area (Å²) in [6.07, 6.45) is 11.4. The molecule has 0 atom stereocenters. The molecule has 0 aliphatic rings. The molecule has 94 valence electrons. The SMILES string of the molecule is C#CCS(=O)(=O)O/C=C/COS(=O)(=O)CC#C. The van der Waals surface area contributed by atoms with Crippen LogP contribution in [-0.2, 0) is 28.6 Å². The van der Waals surface area contributed by atoms with Gasteiger partial charge in [0.1, 0.15) is 17.8 Å². The quantitative estimate of drug-likeness (QED) is 0.353. The second-order valence-electron chi connectivity index (χ2n) is 2.56. The fourth-order valence-corrected chi connectivity index (χ4v) is 1.68. The van der Waals surface area contributed by atoms with Gasteiger partial charge in [0.2, 0.25) is 0 Å². The zero-order valence-corrected chi connectivity index (χ0v) is 10.3. The van der Waals surface area contributed by atoms with Crippen molar-refractivity contribution in [2.24, 2.45) is 0 Å². The van der Waals surface area contributed by atoms with E-state index in [1.807, 2.05) is 11.8 Å². The van der Waals surface area contributed by atoms with Crippen molar-refractivity contribution >= 4 is 20.2 Å². The molecule has 0 N–H and O–H groups in total. The van der Waals surface area contributed by atoms with Gasteiger partial charge in [0, 0.05) is 0 Å². The third kappa shape index (κ3) is 8.34. The summed E-state index contributed by atoms with van der Waals surface area (Å²) in [5.41, 5.74) is 0. The summed E-state index contributed by atoms with van der Waals surface area (Å²) in [4.78, 5) is 0. The third-order valence-electron chi connectivity index (χ3n) is 1.16. The lowest BCUT2D eigenvalue weighted by Crippen LogP contribution is -2.09. The molecule has 0 spiro atoms. The van der Waals surface area contributed by atoms with Crippen molar-refractivity contribution in [2.45, 2.75) is 0 Å². The normalized spacial score (nSPS) is 11.9. The lowest BCUT2D eigenvalue weighted by atomic mass is 10.7. The molecule has 0 fully saturated rings. The molecule has 0 aromatic carbocycles. The predicted octanol–water partition coefficient (Wildman–Crippen LogP) is -0.541. The Labute approximate surface area is 101 Å². The van der Waals surface area contributed by atoms with E-state index < -0.39 is 31.7 Å². The van der Waals surface area contributed by atoms with Crippen LogP contribution in [0.5, 0.6) is 0 Å². The minimum Gasteiger partial charge on any atom is -0.390 e. The Morgan fingerprint density at radius 2 is 1.53 bits per heavy atom. The van der Waals surface area contributed by atoms with Gasteiger partial charge in [-0.15, -0.1) is 12.8 Å². The molecule has 6 nitrogen and oxygen atoms in total. The molecule has 0 saturated carbocycles. The minimum atomic E-state index is -3.82. The molecule has 0 aromatic heterocycles. The fraction of sp³-hybridized carbons (Fsp3) is 0.333. The van der Waals surface area contributed by atoms with E-state index in [9.17, 15) is 16.8 Å². The molecule has 17 heavy (non-hydrogen) atoms. The van der Waals surface area contributed by atoms with Crippen molar-refractivity contribution < 1.29 is 25.2 Å². The molecule has 0 heterocycles. The van der Waals surface area contributed by atoms with Gasteiger partial charge in [-0.25, -0.2) is 0 Å². The molecule has 0 aliphatic carbocycles. The molecule has 0 saturated heterocycles. The Hall–Kier alpha value is -1.48. The first-order chi connectivity index (χ1) is 7.83. The molecule has 0 bridgehead atoms. The first-order valence-electron chi connectivity index (χ1n) is 4.13. The van der Waals surface area contributed by atoms with Crippen LogP contribution in [0.3, 0.4) is 0 Å². The van der Waals surface area contributed by atoms with Crippen LogP contribution in [-0.4, -0.2) is 34.9 Å². The Morgan fingerprint density at radius 1 is 1.00 bits per heavy atom. The summed E-state index contributed by atoms with van der Waals surface area (Å²) in [6.45, 7) is -0.379. The topological polar surface area (TPSA) is 86.7 Å². The number of terminal acetylenes is 2. The lowest BCUT2D eigenvalue weighted by Gasteiger charge is -1.99. The van der Waals surface area contributed by atoms with Crippen LogP contribution < -0.4 is 0 Å². The number of hydrogen-bond acceptors (Lipinski definition) is 6. The molecule has 0 radical (unpaired) electrons. The molecule has 8 heteroatoms. The third-order valence-corrected chi connectivity index (χ3v) is 3.10. The van der Waals surface area contributed by atoms with Crippen LogP contribution in [0, 0.1) is 24.7 Å². The zero-order chi connectivity index (χ0) is 13.4. The second kappa shape index (κ2) is 6.97. The van der Waals surface area contributed by atoms with Gasteiger partial charge in [0.15, 0.2) is 0 Å². The van der Waals surface area contributed by atoms with E-state index in [0.717, 1.165) is 12.3 Å². The average molecular weight is 278 g/mol. The highest BCUT2D eigenvalue weighted by atomic mass is 32.2. The summed E-state index contributed by atoms with van der Waals surface area (Å²) in [7, 11) is -7.60. The van der Waals surface area contributed by atoms with E-state index in [1.54, 1.807) is 0 Å². The van der Waals surface area contributed by atoms with Gasteiger partial charge in [-0.1, -0.05) is 11.8 Å². The Balaban J connectivity index is 4.09. The first-order valence-corrected chi connectivity index (χ1v) is 7.28. The summed E-state index contributed by atoms with van der Waals surface area (Å²) in [5, 5.41) is 0. The van der Waals surface area contributed by atoms with E-state index in [-0.39, 0.29) is 6.61 Å². The van der Waals surface area contributed by atoms with E-state index in [0.29, 0.717) is 0 Å². The van der Waals surface area contributed by atoms with E-state index >= 15 is 0 Å². The highest BCUT2D eigenvalue weighted by molar-refractivity contribution is 7.87. The maximum Gasteiger partial charge on any atom is 0.320 e. The monoisotopic (exact) mass is 278 g/mol. The minimum absolute atomic E-state index is 0.379. The van der Waals surface area contributed by atoms with Crippen molar-refractivity contribution in [1.29, 1.82) is 0 Å². The van der Waals surface area contributed by atoms with Crippen molar-refractivity contribution in [3.8, 4) is 24.7 Å². The summed E-state index contributed by atoms with van der Waals surface area (Å²) in [6, 6.07) is 0. The summed E-state index contributed by atoms with van der Waals surface area (Å²) in [5.74, 6) is 2.66. The molecular weight excluding hydrogens is 268 g/mol. The van der Waals surface area contributed by atoms with Gasteiger partial charge in [-0.3, -0.25) is 4.18 Å². The smallest absolute Gasteiger partial charge is 0.320 e. The van der Waals surface area contributed by atoms with E-state index in [1.165, 1.54) is 0 Å². The van der Waals surface area contributed by atoms with Crippen LogP contribution >= 0.6 is 0 Å². The van der Waals surface area contributed by atoms with E-state index in [4.69, 9.17) is 12.8 Å². The van der Waals surface area contributed by atoms with Gasteiger partial charge in [-0.05, 0) is 6.08 Å². The van der Waals surface area contributed by atoms with Crippen LogP contribution in [0.4, 0.5) is 0 Å². The molecule has 0 amide bonds. The van der Waals surface area contributed by atoms with Crippen LogP contribution in [0.15, 0.2) is 12.3 Å². The van der Waals surface area contributed by atoms with Crippen LogP contribution in [0.2, 0.25) is 0 Å². The maximum atomic E-state index is 10.9. The van der Waals surface area contributed by atoms with Crippen LogP contribution in [0.1, 0.15) is 0 Å². The highest BCUT2D eigenvalue weighted by Gasteiger charge is 2.08. The predicted molar refractivity (Wildman–Crippen MR) is 61.4 cm³/mol. The fourth-order valence-electron chi connectivity index (χ4n) is 0.586. The first kappa shape index (κ1) is 15.5. The molecular formula is C9H10O6S2. The van der Waals surface area contributed by atoms with Crippen molar-refractivity contribution in [3.63, 3.8) is 0 Å². The van der Waals surface area contributed by atoms with Gasteiger partial charge in [0.25, 0.3) is 10.1 Å². The maximum absolute atomic E-state index is 10.9. The van der Waals surface area contributed by atoms with Crippen LogP contribution in [0.25, 0.3) is 0 Å². The van der Waals surface area contributed by atoms with Gasteiger partial charge < -0.3 is 4.18 Å². The standard InChI is InChI=1S/C9H10O6S2/c1-3-8-16(10,11)14-6-5-7-15-17(12,13)9-4-2/h1-2,5-6H,7-9H2/b6-5+.